The van der Waals surface area contributed by atoms with E-state index in [-0.39, 0.29) is 35.6 Å². The second-order valence-electron chi connectivity index (χ2n) is 5.44. The Kier molecular flexibility index (Phi) is 8.77. The first-order valence-corrected chi connectivity index (χ1v) is 7.34. The van der Waals surface area contributed by atoms with Gasteiger partial charge in [-0.05, 0) is 34.1 Å². The zero-order valence-corrected chi connectivity index (χ0v) is 14.1. The van der Waals surface area contributed by atoms with E-state index in [1.165, 1.54) is 27.7 Å². The van der Waals surface area contributed by atoms with Gasteiger partial charge in [-0.25, -0.2) is 9.59 Å². The fourth-order valence-electron chi connectivity index (χ4n) is 1.50. The Morgan fingerprint density at radius 1 is 0.783 bits per heavy atom. The zero-order chi connectivity index (χ0) is 18.2. The van der Waals surface area contributed by atoms with Crippen LogP contribution in [0.25, 0.3) is 0 Å². The molecule has 0 aromatic carbocycles. The third-order valence-corrected chi connectivity index (χ3v) is 3.02. The molecular formula is C17H24O6. The predicted octanol–water partition coefficient (Wildman–Crippen LogP) is 2.31. The van der Waals surface area contributed by atoms with Gasteiger partial charge in [0.05, 0.1) is 0 Å². The minimum atomic E-state index is -0.882. The van der Waals surface area contributed by atoms with Gasteiger partial charge in [-0.1, -0.05) is 13.2 Å². The minimum absolute atomic E-state index is 0.0948. The number of Topliss-reactive ketones (excluding diaryl/α,β-unsaturated/α-hetero) is 2. The van der Waals surface area contributed by atoms with E-state index in [4.69, 9.17) is 9.47 Å². The van der Waals surface area contributed by atoms with Gasteiger partial charge in [0.1, 0.15) is 0 Å². The smallest absolute Gasteiger partial charge is 0.333 e. The number of ether oxygens (including phenoxy) is 2. The molecule has 0 fully saturated rings. The van der Waals surface area contributed by atoms with Crippen molar-refractivity contribution in [2.24, 2.45) is 0 Å². The zero-order valence-electron chi connectivity index (χ0n) is 14.1. The van der Waals surface area contributed by atoms with E-state index >= 15 is 0 Å². The summed E-state index contributed by atoms with van der Waals surface area (Å²) in [5, 5.41) is 0. The number of rotatable bonds is 10. The van der Waals surface area contributed by atoms with Crippen LogP contribution in [0.4, 0.5) is 0 Å². The lowest BCUT2D eigenvalue weighted by molar-refractivity contribution is -0.151. The molecule has 0 aliphatic rings. The summed E-state index contributed by atoms with van der Waals surface area (Å²) in [6, 6.07) is 0. The lowest BCUT2D eigenvalue weighted by Crippen LogP contribution is -2.26. The van der Waals surface area contributed by atoms with Gasteiger partial charge in [-0.15, -0.1) is 0 Å². The van der Waals surface area contributed by atoms with Crippen molar-refractivity contribution in [3.05, 3.63) is 24.3 Å². The first-order valence-electron chi connectivity index (χ1n) is 7.34. The summed E-state index contributed by atoms with van der Waals surface area (Å²) in [4.78, 5) is 46.2. The average Bonchev–Trinajstić information content (AvgIpc) is 2.46. The van der Waals surface area contributed by atoms with Gasteiger partial charge < -0.3 is 9.47 Å². The number of hydrogen-bond acceptors (Lipinski definition) is 6. The van der Waals surface area contributed by atoms with E-state index in [0.717, 1.165) is 0 Å². The average molecular weight is 324 g/mol. The first kappa shape index (κ1) is 20.8. The number of esters is 2. The van der Waals surface area contributed by atoms with Crippen LogP contribution in [0.15, 0.2) is 24.3 Å². The van der Waals surface area contributed by atoms with Crippen LogP contribution in [0.1, 0.15) is 47.0 Å². The Morgan fingerprint density at radius 3 is 1.35 bits per heavy atom. The van der Waals surface area contributed by atoms with Crippen LogP contribution in [-0.2, 0) is 28.7 Å². The largest absolute Gasteiger partial charge is 0.451 e. The molecule has 0 amide bonds. The van der Waals surface area contributed by atoms with Crippen LogP contribution >= 0.6 is 0 Å². The molecule has 0 spiro atoms. The Bertz CT molecular complexity index is 471. The standard InChI is InChI=1S/C17H24O6/c1-10(2)16(20)22-12(5)14(18)8-7-9-15(19)13(6)23-17(21)11(3)4/h12-13H,1,3,7-9H2,2,4-6H3. The Hall–Kier alpha value is -2.24. The van der Waals surface area contributed by atoms with E-state index in [1.54, 1.807) is 0 Å². The predicted molar refractivity (Wildman–Crippen MR) is 84.6 cm³/mol. The lowest BCUT2D eigenvalue weighted by Gasteiger charge is -2.13. The summed E-state index contributed by atoms with van der Waals surface area (Å²) >= 11 is 0. The van der Waals surface area contributed by atoms with E-state index in [2.05, 4.69) is 13.2 Å². The third kappa shape index (κ3) is 8.09. The lowest BCUT2D eigenvalue weighted by atomic mass is 10.1. The van der Waals surface area contributed by atoms with Crippen LogP contribution < -0.4 is 0 Å². The highest BCUT2D eigenvalue weighted by Gasteiger charge is 2.20. The minimum Gasteiger partial charge on any atom is -0.451 e. The molecule has 0 N–H and O–H groups in total. The Labute approximate surface area is 136 Å². The van der Waals surface area contributed by atoms with E-state index in [9.17, 15) is 19.2 Å². The fourth-order valence-corrected chi connectivity index (χ4v) is 1.50. The number of carbonyl (C=O) groups is 4. The van der Waals surface area contributed by atoms with Crippen molar-refractivity contribution in [2.75, 3.05) is 0 Å². The molecule has 0 rings (SSSR count). The summed E-state index contributed by atoms with van der Waals surface area (Å²) in [6.07, 6.45) is -1.28. The SMILES string of the molecule is C=C(C)C(=O)OC(C)C(=O)CCCC(=O)C(C)OC(=O)C(=C)C. The maximum atomic E-state index is 11.8. The fraction of sp³-hybridized carbons (Fsp3) is 0.529. The molecule has 0 saturated heterocycles. The molecule has 2 atom stereocenters. The number of ketones is 2. The molecule has 0 heterocycles. The van der Waals surface area contributed by atoms with Gasteiger partial charge in [-0.3, -0.25) is 9.59 Å². The van der Waals surface area contributed by atoms with Crippen LogP contribution in [0, 0.1) is 0 Å². The van der Waals surface area contributed by atoms with Gasteiger partial charge in [0.2, 0.25) is 0 Å². The van der Waals surface area contributed by atoms with E-state index in [1.807, 2.05) is 0 Å². The van der Waals surface area contributed by atoms with Crippen molar-refractivity contribution in [3.8, 4) is 0 Å². The highest BCUT2D eigenvalue weighted by molar-refractivity contribution is 5.92. The molecule has 0 aromatic heterocycles. The normalized spacial score (nSPS) is 12.7. The van der Waals surface area contributed by atoms with Crippen LogP contribution in [0.3, 0.4) is 0 Å². The Balaban J connectivity index is 4.18. The van der Waals surface area contributed by atoms with Gasteiger partial charge in [-0.2, -0.15) is 0 Å². The van der Waals surface area contributed by atoms with Crippen molar-refractivity contribution in [3.63, 3.8) is 0 Å². The summed E-state index contributed by atoms with van der Waals surface area (Å²) in [5.41, 5.74) is 0.431. The van der Waals surface area contributed by atoms with Crippen LogP contribution in [0.2, 0.25) is 0 Å². The molecule has 6 heteroatoms. The number of carbonyl (C=O) groups excluding carboxylic acids is 4. The molecule has 0 bridgehead atoms. The monoisotopic (exact) mass is 324 g/mol. The molecule has 0 radical (unpaired) electrons. The van der Waals surface area contributed by atoms with Gasteiger partial charge in [0.25, 0.3) is 0 Å². The van der Waals surface area contributed by atoms with Crippen molar-refractivity contribution in [1.29, 1.82) is 0 Å². The molecule has 2 unspecified atom stereocenters. The first-order chi connectivity index (χ1) is 10.6. The summed E-state index contributed by atoms with van der Waals surface area (Å²) in [5.74, 6) is -1.80. The molecule has 128 valence electrons. The molecule has 0 saturated carbocycles. The van der Waals surface area contributed by atoms with Gasteiger partial charge in [0.15, 0.2) is 23.8 Å². The Morgan fingerprint density at radius 2 is 1.09 bits per heavy atom. The van der Waals surface area contributed by atoms with Gasteiger partial charge >= 0.3 is 11.9 Å². The summed E-state index contributed by atoms with van der Waals surface area (Å²) in [7, 11) is 0. The molecule has 0 aliphatic carbocycles. The maximum absolute atomic E-state index is 11.8. The number of hydrogen-bond donors (Lipinski definition) is 0. The van der Waals surface area contributed by atoms with E-state index < -0.39 is 24.1 Å². The second kappa shape index (κ2) is 9.71. The molecule has 23 heavy (non-hydrogen) atoms. The van der Waals surface area contributed by atoms with Crippen molar-refractivity contribution in [1.82, 2.24) is 0 Å². The van der Waals surface area contributed by atoms with Crippen molar-refractivity contribution >= 4 is 23.5 Å². The molecular weight excluding hydrogens is 300 g/mol. The highest BCUT2D eigenvalue weighted by atomic mass is 16.5. The van der Waals surface area contributed by atoms with Gasteiger partial charge in [0, 0.05) is 24.0 Å². The van der Waals surface area contributed by atoms with Crippen molar-refractivity contribution < 1.29 is 28.7 Å². The second-order valence-corrected chi connectivity index (χ2v) is 5.44. The maximum Gasteiger partial charge on any atom is 0.333 e. The third-order valence-electron chi connectivity index (χ3n) is 3.02. The molecule has 0 aromatic rings. The van der Waals surface area contributed by atoms with Crippen LogP contribution in [-0.4, -0.2) is 35.7 Å². The van der Waals surface area contributed by atoms with Crippen molar-refractivity contribution in [2.45, 2.75) is 59.2 Å². The van der Waals surface area contributed by atoms with E-state index in [0.29, 0.717) is 6.42 Å². The summed E-state index contributed by atoms with van der Waals surface area (Å²) in [6.45, 7) is 12.8. The molecule has 0 aliphatic heterocycles. The quantitative estimate of drug-likeness (QED) is 0.453. The molecule has 6 nitrogen and oxygen atoms in total. The highest BCUT2D eigenvalue weighted by Crippen LogP contribution is 2.08. The topological polar surface area (TPSA) is 86.7 Å². The summed E-state index contributed by atoms with van der Waals surface area (Å²) < 4.78 is 9.81. The van der Waals surface area contributed by atoms with Crippen LogP contribution in [0.5, 0.6) is 0 Å².